The fraction of sp³-hybridized carbons (Fsp3) is 0.231. The molecule has 0 aliphatic heterocycles. The molecule has 0 bridgehead atoms. The SMILES string of the molecule is COc1ccccc1SCc1ccc(CN)o1. The van der Waals surface area contributed by atoms with Crippen molar-refractivity contribution in [2.45, 2.75) is 17.2 Å². The number of methoxy groups -OCH3 is 1. The fourth-order valence-electron chi connectivity index (χ4n) is 1.50. The van der Waals surface area contributed by atoms with Gasteiger partial charge in [0.1, 0.15) is 17.3 Å². The quantitative estimate of drug-likeness (QED) is 0.827. The van der Waals surface area contributed by atoms with Crippen LogP contribution in [-0.2, 0) is 12.3 Å². The van der Waals surface area contributed by atoms with E-state index < -0.39 is 0 Å². The van der Waals surface area contributed by atoms with Crippen molar-refractivity contribution in [1.29, 1.82) is 0 Å². The lowest BCUT2D eigenvalue weighted by Gasteiger charge is -2.06. The van der Waals surface area contributed by atoms with Crippen LogP contribution in [0.5, 0.6) is 5.75 Å². The first-order valence-electron chi connectivity index (χ1n) is 5.37. The summed E-state index contributed by atoms with van der Waals surface area (Å²) in [6, 6.07) is 11.8. The second-order valence-corrected chi connectivity index (χ2v) is 4.53. The Labute approximate surface area is 105 Å². The van der Waals surface area contributed by atoms with Crippen LogP contribution in [0.3, 0.4) is 0 Å². The Balaban J connectivity index is 2.01. The Morgan fingerprint density at radius 3 is 2.65 bits per heavy atom. The smallest absolute Gasteiger partial charge is 0.132 e. The summed E-state index contributed by atoms with van der Waals surface area (Å²) in [6.45, 7) is 0.444. The lowest BCUT2D eigenvalue weighted by Crippen LogP contribution is -1.92. The number of hydrogen-bond donors (Lipinski definition) is 1. The molecule has 1 aromatic carbocycles. The van der Waals surface area contributed by atoms with E-state index >= 15 is 0 Å². The summed E-state index contributed by atoms with van der Waals surface area (Å²) in [4.78, 5) is 1.11. The van der Waals surface area contributed by atoms with Crippen molar-refractivity contribution in [2.75, 3.05) is 7.11 Å². The average molecular weight is 249 g/mol. The monoisotopic (exact) mass is 249 g/mol. The van der Waals surface area contributed by atoms with Gasteiger partial charge in [-0.05, 0) is 24.3 Å². The maximum atomic E-state index is 5.54. The summed E-state index contributed by atoms with van der Waals surface area (Å²) in [5, 5.41) is 0. The second-order valence-electron chi connectivity index (χ2n) is 3.51. The topological polar surface area (TPSA) is 48.4 Å². The lowest BCUT2D eigenvalue weighted by atomic mass is 10.3. The fourth-order valence-corrected chi connectivity index (χ4v) is 2.42. The van der Waals surface area contributed by atoms with E-state index in [0.717, 1.165) is 27.9 Å². The number of para-hydroxylation sites is 1. The predicted molar refractivity (Wildman–Crippen MR) is 69.2 cm³/mol. The zero-order valence-corrected chi connectivity index (χ0v) is 10.5. The van der Waals surface area contributed by atoms with Crippen LogP contribution in [0.25, 0.3) is 0 Å². The number of benzene rings is 1. The highest BCUT2D eigenvalue weighted by atomic mass is 32.2. The number of ether oxygens (including phenoxy) is 1. The third-order valence-corrected chi connectivity index (χ3v) is 3.43. The zero-order valence-electron chi connectivity index (χ0n) is 9.68. The summed E-state index contributed by atoms with van der Waals surface area (Å²) in [5.74, 6) is 3.42. The van der Waals surface area contributed by atoms with Crippen LogP contribution in [0, 0.1) is 0 Å². The second kappa shape index (κ2) is 5.80. The molecule has 0 aliphatic rings. The molecule has 3 nitrogen and oxygen atoms in total. The predicted octanol–water partition coefficient (Wildman–Crippen LogP) is 3.04. The van der Waals surface area contributed by atoms with Crippen LogP contribution < -0.4 is 10.5 Å². The van der Waals surface area contributed by atoms with Gasteiger partial charge in [0.2, 0.25) is 0 Å². The number of hydrogen-bond acceptors (Lipinski definition) is 4. The molecular weight excluding hydrogens is 234 g/mol. The van der Waals surface area contributed by atoms with E-state index in [9.17, 15) is 0 Å². The molecule has 1 aromatic heterocycles. The Morgan fingerprint density at radius 1 is 1.18 bits per heavy atom. The van der Waals surface area contributed by atoms with Crippen LogP contribution in [0.4, 0.5) is 0 Å². The molecule has 2 aromatic rings. The van der Waals surface area contributed by atoms with Gasteiger partial charge in [0.05, 0.1) is 19.4 Å². The zero-order chi connectivity index (χ0) is 12.1. The molecule has 0 atom stereocenters. The van der Waals surface area contributed by atoms with E-state index in [1.165, 1.54) is 0 Å². The van der Waals surface area contributed by atoms with E-state index in [-0.39, 0.29) is 0 Å². The largest absolute Gasteiger partial charge is 0.496 e. The Hall–Kier alpha value is -1.39. The third-order valence-electron chi connectivity index (χ3n) is 2.36. The highest BCUT2D eigenvalue weighted by Gasteiger charge is 2.05. The first-order valence-corrected chi connectivity index (χ1v) is 6.35. The molecule has 1 heterocycles. The Morgan fingerprint density at radius 2 is 1.94 bits per heavy atom. The summed E-state index contributed by atoms with van der Waals surface area (Å²) < 4.78 is 10.8. The number of thioether (sulfide) groups is 1. The van der Waals surface area contributed by atoms with E-state index in [0.29, 0.717) is 6.54 Å². The molecule has 0 radical (unpaired) electrons. The van der Waals surface area contributed by atoms with Crippen molar-refractivity contribution in [3.05, 3.63) is 47.9 Å². The molecule has 4 heteroatoms. The molecule has 0 spiro atoms. The molecule has 90 valence electrons. The first-order chi connectivity index (χ1) is 8.33. The molecule has 0 unspecified atom stereocenters. The van der Waals surface area contributed by atoms with Gasteiger partial charge < -0.3 is 14.9 Å². The van der Waals surface area contributed by atoms with Gasteiger partial charge in [0.15, 0.2) is 0 Å². The van der Waals surface area contributed by atoms with E-state index in [1.807, 2.05) is 36.4 Å². The van der Waals surface area contributed by atoms with E-state index in [1.54, 1.807) is 18.9 Å². The molecule has 2 rings (SSSR count). The average Bonchev–Trinajstić information content (AvgIpc) is 2.84. The molecule has 17 heavy (non-hydrogen) atoms. The minimum atomic E-state index is 0.444. The lowest BCUT2D eigenvalue weighted by molar-refractivity contribution is 0.405. The number of nitrogens with two attached hydrogens (primary N) is 1. The normalized spacial score (nSPS) is 10.5. The standard InChI is InChI=1S/C13H15NO2S/c1-15-12-4-2-3-5-13(12)17-9-11-7-6-10(8-14)16-11/h2-7H,8-9,14H2,1H3. The highest BCUT2D eigenvalue weighted by molar-refractivity contribution is 7.98. The molecule has 0 saturated heterocycles. The number of furan rings is 1. The van der Waals surface area contributed by atoms with E-state index in [2.05, 4.69) is 0 Å². The third kappa shape index (κ3) is 3.05. The molecule has 0 amide bonds. The summed E-state index contributed by atoms with van der Waals surface area (Å²) >= 11 is 1.69. The van der Waals surface area contributed by atoms with Crippen molar-refractivity contribution in [3.63, 3.8) is 0 Å². The number of rotatable bonds is 5. The minimum Gasteiger partial charge on any atom is -0.496 e. The van der Waals surface area contributed by atoms with Crippen molar-refractivity contribution >= 4 is 11.8 Å². The van der Waals surface area contributed by atoms with Gasteiger partial charge in [-0.15, -0.1) is 11.8 Å². The van der Waals surface area contributed by atoms with Crippen molar-refractivity contribution < 1.29 is 9.15 Å². The molecular formula is C13H15NO2S. The molecule has 0 fully saturated rings. The van der Waals surface area contributed by atoms with Crippen molar-refractivity contribution in [3.8, 4) is 5.75 Å². The van der Waals surface area contributed by atoms with Crippen LogP contribution in [-0.4, -0.2) is 7.11 Å². The van der Waals surface area contributed by atoms with Gasteiger partial charge in [-0.2, -0.15) is 0 Å². The maximum Gasteiger partial charge on any atom is 0.132 e. The van der Waals surface area contributed by atoms with Crippen LogP contribution in [0.15, 0.2) is 45.7 Å². The van der Waals surface area contributed by atoms with Crippen LogP contribution >= 0.6 is 11.8 Å². The van der Waals surface area contributed by atoms with Gasteiger partial charge in [0, 0.05) is 4.90 Å². The van der Waals surface area contributed by atoms with Gasteiger partial charge in [-0.3, -0.25) is 0 Å². The van der Waals surface area contributed by atoms with Gasteiger partial charge in [-0.1, -0.05) is 12.1 Å². The minimum absolute atomic E-state index is 0.444. The van der Waals surface area contributed by atoms with Crippen LogP contribution in [0.2, 0.25) is 0 Å². The van der Waals surface area contributed by atoms with Gasteiger partial charge in [0.25, 0.3) is 0 Å². The summed E-state index contributed by atoms with van der Waals surface area (Å²) in [7, 11) is 1.68. The summed E-state index contributed by atoms with van der Waals surface area (Å²) in [5.41, 5.74) is 5.50. The maximum absolute atomic E-state index is 5.54. The highest BCUT2D eigenvalue weighted by Crippen LogP contribution is 2.31. The molecule has 0 aliphatic carbocycles. The van der Waals surface area contributed by atoms with Gasteiger partial charge in [-0.25, -0.2) is 0 Å². The summed E-state index contributed by atoms with van der Waals surface area (Å²) in [6.07, 6.45) is 0. The first kappa shape index (κ1) is 12.1. The van der Waals surface area contributed by atoms with Crippen molar-refractivity contribution in [1.82, 2.24) is 0 Å². The van der Waals surface area contributed by atoms with E-state index in [4.69, 9.17) is 14.9 Å². The Kier molecular flexibility index (Phi) is 4.12. The van der Waals surface area contributed by atoms with Crippen molar-refractivity contribution in [2.24, 2.45) is 5.73 Å². The van der Waals surface area contributed by atoms with Crippen LogP contribution in [0.1, 0.15) is 11.5 Å². The molecule has 0 saturated carbocycles. The van der Waals surface area contributed by atoms with Gasteiger partial charge >= 0.3 is 0 Å². The Bertz CT molecular complexity index is 482. The molecule has 2 N–H and O–H groups in total.